The monoisotopic (exact) mass is 284 g/mol. The molecule has 2 unspecified atom stereocenters. The van der Waals surface area contributed by atoms with Gasteiger partial charge in [0.2, 0.25) is 0 Å². The molecule has 0 aromatic rings. The Labute approximate surface area is 126 Å². The number of rotatable bonds is 13. The van der Waals surface area contributed by atoms with E-state index in [0.717, 1.165) is 18.8 Å². The molecular formula is C18H36O2. The summed E-state index contributed by atoms with van der Waals surface area (Å²) in [5.41, 5.74) is 0. The van der Waals surface area contributed by atoms with Crippen LogP contribution in [0.5, 0.6) is 0 Å². The van der Waals surface area contributed by atoms with E-state index in [1.54, 1.807) is 0 Å². The van der Waals surface area contributed by atoms with Gasteiger partial charge < -0.3 is 4.74 Å². The Kier molecular flexibility index (Phi) is 13.1. The number of ether oxygens (including phenoxy) is 1. The van der Waals surface area contributed by atoms with Crippen molar-refractivity contribution >= 4 is 5.97 Å². The van der Waals surface area contributed by atoms with Gasteiger partial charge in [-0.05, 0) is 31.1 Å². The van der Waals surface area contributed by atoms with E-state index in [2.05, 4.69) is 27.7 Å². The third-order valence-corrected chi connectivity index (χ3v) is 4.18. The molecule has 0 N–H and O–H groups in total. The molecule has 0 radical (unpaired) electrons. The molecule has 0 aromatic carbocycles. The van der Waals surface area contributed by atoms with Crippen LogP contribution in [0.25, 0.3) is 0 Å². The topological polar surface area (TPSA) is 26.3 Å². The van der Waals surface area contributed by atoms with Gasteiger partial charge in [0, 0.05) is 6.42 Å². The molecule has 120 valence electrons. The lowest BCUT2D eigenvalue weighted by Crippen LogP contribution is -2.15. The second-order valence-electron chi connectivity index (χ2n) is 6.24. The highest BCUT2D eigenvalue weighted by molar-refractivity contribution is 5.69. The number of hydrogen-bond acceptors (Lipinski definition) is 2. The molecule has 2 nitrogen and oxygen atoms in total. The highest BCUT2D eigenvalue weighted by Gasteiger charge is 2.12. The molecule has 20 heavy (non-hydrogen) atoms. The zero-order valence-corrected chi connectivity index (χ0v) is 14.2. The minimum atomic E-state index is 0.00532. The molecule has 0 saturated carbocycles. The maximum Gasteiger partial charge on any atom is 0.305 e. The number of hydrogen-bond donors (Lipinski definition) is 0. The second kappa shape index (κ2) is 13.5. The van der Waals surface area contributed by atoms with Crippen LogP contribution in [0, 0.1) is 11.8 Å². The average Bonchev–Trinajstić information content (AvgIpc) is 2.46. The molecule has 0 aromatic heterocycles. The molecule has 0 amide bonds. The number of unbranched alkanes of at least 4 members (excludes halogenated alkanes) is 3. The van der Waals surface area contributed by atoms with Gasteiger partial charge >= 0.3 is 5.97 Å². The predicted octanol–water partition coefficient (Wildman–Crippen LogP) is 5.74. The molecule has 0 spiro atoms. The zero-order valence-electron chi connectivity index (χ0n) is 14.2. The highest BCUT2D eigenvalue weighted by Crippen LogP contribution is 2.19. The van der Waals surface area contributed by atoms with Crippen molar-refractivity contribution < 1.29 is 9.53 Å². The molecule has 0 aliphatic heterocycles. The molecule has 0 rings (SSSR count). The summed E-state index contributed by atoms with van der Waals surface area (Å²) in [7, 11) is 0. The molecule has 0 saturated heterocycles. The summed E-state index contributed by atoms with van der Waals surface area (Å²) in [6.45, 7) is 9.59. The number of esters is 1. The van der Waals surface area contributed by atoms with E-state index < -0.39 is 0 Å². The van der Waals surface area contributed by atoms with E-state index in [1.807, 2.05) is 0 Å². The van der Waals surface area contributed by atoms with Crippen LogP contribution in [-0.4, -0.2) is 12.6 Å². The number of carbonyl (C=O) groups excluding carboxylic acids is 1. The van der Waals surface area contributed by atoms with Crippen LogP contribution in [-0.2, 0) is 9.53 Å². The molecule has 0 aliphatic carbocycles. The van der Waals surface area contributed by atoms with Gasteiger partial charge in [-0.1, -0.05) is 66.2 Å². The summed E-state index contributed by atoms with van der Waals surface area (Å²) in [5, 5.41) is 0. The first-order valence-electron chi connectivity index (χ1n) is 8.79. The minimum absolute atomic E-state index is 0.00532. The van der Waals surface area contributed by atoms with Gasteiger partial charge in [-0.25, -0.2) is 0 Å². The van der Waals surface area contributed by atoms with Crippen molar-refractivity contribution in [1.29, 1.82) is 0 Å². The minimum Gasteiger partial charge on any atom is -0.465 e. The standard InChI is InChI=1S/C18H36O2/c1-5-8-9-10-12-18(19)20-15-17(11-6-2)14-13-16(4)7-3/h16-17H,5-15H2,1-4H3. The fourth-order valence-electron chi connectivity index (χ4n) is 2.42. The largest absolute Gasteiger partial charge is 0.465 e. The van der Waals surface area contributed by atoms with Crippen molar-refractivity contribution in [2.75, 3.05) is 6.61 Å². The smallest absolute Gasteiger partial charge is 0.305 e. The Balaban J connectivity index is 3.79. The molecule has 0 heterocycles. The lowest BCUT2D eigenvalue weighted by atomic mass is 9.93. The quantitative estimate of drug-likeness (QED) is 0.318. The first-order valence-corrected chi connectivity index (χ1v) is 8.79. The lowest BCUT2D eigenvalue weighted by Gasteiger charge is -2.18. The van der Waals surface area contributed by atoms with Crippen LogP contribution >= 0.6 is 0 Å². The molecule has 2 atom stereocenters. The summed E-state index contributed by atoms with van der Waals surface area (Å²) in [4.78, 5) is 11.7. The van der Waals surface area contributed by atoms with Crippen LogP contribution in [0.1, 0.15) is 91.9 Å². The van der Waals surface area contributed by atoms with Crippen LogP contribution in [0.15, 0.2) is 0 Å². The summed E-state index contributed by atoms with van der Waals surface area (Å²) in [6, 6.07) is 0. The van der Waals surface area contributed by atoms with Crippen molar-refractivity contribution in [3.8, 4) is 0 Å². The van der Waals surface area contributed by atoms with Crippen LogP contribution in [0.2, 0.25) is 0 Å². The van der Waals surface area contributed by atoms with E-state index >= 15 is 0 Å². The maximum atomic E-state index is 11.7. The van der Waals surface area contributed by atoms with Gasteiger partial charge in [-0.3, -0.25) is 4.79 Å². The van der Waals surface area contributed by atoms with Gasteiger partial charge in [0.05, 0.1) is 6.61 Å². The van der Waals surface area contributed by atoms with Crippen LogP contribution in [0.3, 0.4) is 0 Å². The molecular weight excluding hydrogens is 248 g/mol. The summed E-state index contributed by atoms with van der Waals surface area (Å²) < 4.78 is 5.46. The summed E-state index contributed by atoms with van der Waals surface area (Å²) in [6.07, 6.45) is 11.2. The fraction of sp³-hybridized carbons (Fsp3) is 0.944. The van der Waals surface area contributed by atoms with E-state index in [0.29, 0.717) is 18.9 Å². The highest BCUT2D eigenvalue weighted by atomic mass is 16.5. The van der Waals surface area contributed by atoms with Gasteiger partial charge in [-0.2, -0.15) is 0 Å². The van der Waals surface area contributed by atoms with Crippen molar-refractivity contribution in [3.63, 3.8) is 0 Å². The normalized spacial score (nSPS) is 14.0. The Morgan fingerprint density at radius 1 is 0.950 bits per heavy atom. The second-order valence-corrected chi connectivity index (χ2v) is 6.24. The zero-order chi connectivity index (χ0) is 15.2. The maximum absolute atomic E-state index is 11.7. The first-order chi connectivity index (χ1) is 9.63. The summed E-state index contributed by atoms with van der Waals surface area (Å²) in [5.74, 6) is 1.36. The average molecular weight is 284 g/mol. The van der Waals surface area contributed by atoms with Crippen molar-refractivity contribution in [1.82, 2.24) is 0 Å². The van der Waals surface area contributed by atoms with Crippen molar-refractivity contribution in [2.24, 2.45) is 11.8 Å². The number of carbonyl (C=O) groups is 1. The Bertz CT molecular complexity index is 225. The van der Waals surface area contributed by atoms with Crippen molar-refractivity contribution in [2.45, 2.75) is 91.9 Å². The molecule has 0 bridgehead atoms. The molecule has 0 fully saturated rings. The Hall–Kier alpha value is -0.530. The third kappa shape index (κ3) is 11.3. The third-order valence-electron chi connectivity index (χ3n) is 4.18. The lowest BCUT2D eigenvalue weighted by molar-refractivity contribution is -0.145. The van der Waals surface area contributed by atoms with E-state index in [1.165, 1.54) is 44.9 Å². The van der Waals surface area contributed by atoms with Crippen molar-refractivity contribution in [3.05, 3.63) is 0 Å². The predicted molar refractivity (Wildman–Crippen MR) is 86.8 cm³/mol. The SMILES string of the molecule is CCCCCCC(=O)OCC(CCC)CCC(C)CC. The molecule has 0 aliphatic rings. The van der Waals surface area contributed by atoms with E-state index in [4.69, 9.17) is 4.74 Å². The van der Waals surface area contributed by atoms with Gasteiger partial charge in [0.15, 0.2) is 0 Å². The van der Waals surface area contributed by atoms with Crippen LogP contribution < -0.4 is 0 Å². The van der Waals surface area contributed by atoms with Gasteiger partial charge in [-0.15, -0.1) is 0 Å². The van der Waals surface area contributed by atoms with Crippen LogP contribution in [0.4, 0.5) is 0 Å². The van der Waals surface area contributed by atoms with E-state index in [9.17, 15) is 4.79 Å². The van der Waals surface area contributed by atoms with E-state index in [-0.39, 0.29) is 5.97 Å². The molecule has 2 heteroatoms. The fourth-order valence-corrected chi connectivity index (χ4v) is 2.42. The first kappa shape index (κ1) is 19.5. The summed E-state index contributed by atoms with van der Waals surface area (Å²) >= 11 is 0. The van der Waals surface area contributed by atoms with Gasteiger partial charge in [0.1, 0.15) is 0 Å². The Morgan fingerprint density at radius 3 is 2.30 bits per heavy atom. The van der Waals surface area contributed by atoms with Gasteiger partial charge in [0.25, 0.3) is 0 Å². The Morgan fingerprint density at radius 2 is 1.70 bits per heavy atom.